The summed E-state index contributed by atoms with van der Waals surface area (Å²) in [6.07, 6.45) is -4.44. The second kappa shape index (κ2) is 9.80. The number of carbonyl (C=O) groups is 2. The van der Waals surface area contributed by atoms with E-state index in [0.717, 1.165) is 5.56 Å². The number of pyridine rings is 1. The lowest BCUT2D eigenvalue weighted by atomic mass is 10.1. The Morgan fingerprint density at radius 1 is 1.10 bits per heavy atom. The summed E-state index contributed by atoms with van der Waals surface area (Å²) in [5.74, 6) is -0.285. The highest BCUT2D eigenvalue weighted by molar-refractivity contribution is 5.95. The van der Waals surface area contributed by atoms with E-state index in [-0.39, 0.29) is 23.5 Å². The van der Waals surface area contributed by atoms with E-state index in [1.165, 1.54) is 18.2 Å². The molecule has 2 aromatic rings. The number of benzene rings is 1. The minimum atomic E-state index is -4.44. The van der Waals surface area contributed by atoms with E-state index in [2.05, 4.69) is 15.6 Å². The molecule has 0 aliphatic heterocycles. The third kappa shape index (κ3) is 7.27. The molecule has 1 aromatic heterocycles. The van der Waals surface area contributed by atoms with E-state index in [1.54, 1.807) is 46.8 Å². The summed E-state index contributed by atoms with van der Waals surface area (Å²) in [6.45, 7) is 7.29. The molecule has 1 unspecified atom stereocenters. The highest BCUT2D eigenvalue weighted by Gasteiger charge is 2.28. The number of carbonyl (C=O) groups excluding carboxylic acids is 2. The van der Waals surface area contributed by atoms with Crippen LogP contribution in [0.3, 0.4) is 0 Å². The molecule has 0 aliphatic carbocycles. The molecule has 31 heavy (non-hydrogen) atoms. The van der Waals surface area contributed by atoms with E-state index >= 15 is 0 Å². The van der Waals surface area contributed by atoms with Gasteiger partial charge in [-0.1, -0.05) is 13.8 Å². The van der Waals surface area contributed by atoms with Crippen molar-refractivity contribution in [2.45, 2.75) is 46.8 Å². The van der Waals surface area contributed by atoms with Gasteiger partial charge in [-0.15, -0.1) is 0 Å². The average molecular weight is 437 g/mol. The number of alkyl halides is 3. The van der Waals surface area contributed by atoms with Crippen molar-refractivity contribution in [3.63, 3.8) is 0 Å². The van der Waals surface area contributed by atoms with Gasteiger partial charge in [-0.25, -0.2) is 4.98 Å². The minimum absolute atomic E-state index is 0.0669. The fourth-order valence-electron chi connectivity index (χ4n) is 2.76. The Hall–Kier alpha value is -3.10. The topological polar surface area (TPSA) is 80.3 Å². The van der Waals surface area contributed by atoms with Crippen LogP contribution in [-0.4, -0.2) is 29.6 Å². The Morgan fingerprint density at radius 3 is 2.35 bits per heavy atom. The number of halogens is 3. The number of ether oxygens (including phenoxy) is 1. The third-order valence-electron chi connectivity index (χ3n) is 4.43. The highest BCUT2D eigenvalue weighted by Crippen LogP contribution is 2.24. The van der Waals surface area contributed by atoms with Crippen LogP contribution in [0.5, 0.6) is 5.75 Å². The molecule has 0 fully saturated rings. The van der Waals surface area contributed by atoms with Crippen molar-refractivity contribution in [2.24, 2.45) is 5.92 Å². The largest absolute Gasteiger partial charge is 0.484 e. The van der Waals surface area contributed by atoms with Gasteiger partial charge in [0.2, 0.25) is 5.91 Å². The summed E-state index contributed by atoms with van der Waals surface area (Å²) in [5.41, 5.74) is 2.15. The summed E-state index contributed by atoms with van der Waals surface area (Å²) >= 11 is 0. The van der Waals surface area contributed by atoms with E-state index in [9.17, 15) is 22.8 Å². The van der Waals surface area contributed by atoms with Crippen LogP contribution in [0.4, 0.5) is 19.0 Å². The fourth-order valence-corrected chi connectivity index (χ4v) is 2.76. The Kier molecular flexibility index (Phi) is 7.65. The maximum atomic E-state index is 12.6. The molecule has 0 saturated heterocycles. The molecule has 0 spiro atoms. The van der Waals surface area contributed by atoms with Crippen LogP contribution >= 0.6 is 0 Å². The number of hydrogen-bond acceptors (Lipinski definition) is 4. The van der Waals surface area contributed by atoms with Crippen LogP contribution in [0.1, 0.15) is 54.0 Å². The lowest BCUT2D eigenvalue weighted by molar-refractivity contribution is -0.153. The van der Waals surface area contributed by atoms with Gasteiger partial charge in [0.25, 0.3) is 5.91 Å². The SMILES string of the molecule is Cc1cc(C(C)NC(=O)c2ccc(OCC(F)(F)F)c(C)c2)cc(NC(=O)C(C)C)n1. The van der Waals surface area contributed by atoms with Crippen molar-refractivity contribution in [3.05, 3.63) is 52.7 Å². The van der Waals surface area contributed by atoms with E-state index in [4.69, 9.17) is 4.74 Å². The highest BCUT2D eigenvalue weighted by atomic mass is 19.4. The average Bonchev–Trinajstić information content (AvgIpc) is 2.65. The zero-order valence-corrected chi connectivity index (χ0v) is 18.1. The van der Waals surface area contributed by atoms with Gasteiger partial charge in [-0.3, -0.25) is 9.59 Å². The van der Waals surface area contributed by atoms with Crippen LogP contribution < -0.4 is 15.4 Å². The molecule has 1 heterocycles. The number of rotatable bonds is 7. The number of nitrogens with one attached hydrogen (secondary N) is 2. The third-order valence-corrected chi connectivity index (χ3v) is 4.43. The lowest BCUT2D eigenvalue weighted by Crippen LogP contribution is -2.27. The zero-order chi connectivity index (χ0) is 23.3. The molecule has 2 N–H and O–H groups in total. The predicted molar refractivity (Wildman–Crippen MR) is 111 cm³/mol. The van der Waals surface area contributed by atoms with Gasteiger partial charge >= 0.3 is 6.18 Å². The molecule has 2 rings (SSSR count). The summed E-state index contributed by atoms with van der Waals surface area (Å²) in [5, 5.41) is 5.59. The minimum Gasteiger partial charge on any atom is -0.484 e. The van der Waals surface area contributed by atoms with E-state index in [1.807, 2.05) is 0 Å². The van der Waals surface area contributed by atoms with Gasteiger partial charge in [0.15, 0.2) is 6.61 Å². The first-order chi connectivity index (χ1) is 14.4. The quantitative estimate of drug-likeness (QED) is 0.657. The van der Waals surface area contributed by atoms with E-state index < -0.39 is 18.8 Å². The molecule has 0 saturated carbocycles. The molecular weight excluding hydrogens is 411 g/mol. The van der Waals surface area contributed by atoms with Crippen LogP contribution in [0.2, 0.25) is 0 Å². The van der Waals surface area contributed by atoms with Gasteiger partial charge in [-0.05, 0) is 62.2 Å². The summed E-state index contributed by atoms with van der Waals surface area (Å²) < 4.78 is 41.8. The monoisotopic (exact) mass is 437 g/mol. The van der Waals surface area contributed by atoms with Gasteiger partial charge in [0.1, 0.15) is 11.6 Å². The second-order valence-corrected chi connectivity index (χ2v) is 7.65. The van der Waals surface area contributed by atoms with Gasteiger partial charge < -0.3 is 15.4 Å². The first kappa shape index (κ1) is 24.2. The van der Waals surface area contributed by atoms with Gasteiger partial charge in [-0.2, -0.15) is 13.2 Å². The molecule has 1 aromatic carbocycles. The number of aromatic nitrogens is 1. The molecule has 9 heteroatoms. The lowest BCUT2D eigenvalue weighted by Gasteiger charge is -2.17. The normalized spacial score (nSPS) is 12.4. The Morgan fingerprint density at radius 2 is 1.77 bits per heavy atom. The molecule has 168 valence electrons. The van der Waals surface area contributed by atoms with Crippen molar-refractivity contribution in [2.75, 3.05) is 11.9 Å². The van der Waals surface area contributed by atoms with Crippen LogP contribution in [0, 0.1) is 19.8 Å². The molecule has 0 radical (unpaired) electrons. The molecule has 1 atom stereocenters. The van der Waals surface area contributed by atoms with Crippen molar-refractivity contribution in [1.82, 2.24) is 10.3 Å². The van der Waals surface area contributed by atoms with Gasteiger partial charge in [0.05, 0.1) is 6.04 Å². The Bertz CT molecular complexity index is 959. The number of amides is 2. The van der Waals surface area contributed by atoms with Crippen LogP contribution in [-0.2, 0) is 4.79 Å². The van der Waals surface area contributed by atoms with Crippen LogP contribution in [0.25, 0.3) is 0 Å². The first-order valence-electron chi connectivity index (χ1n) is 9.76. The zero-order valence-electron chi connectivity index (χ0n) is 18.1. The Labute approximate surface area is 179 Å². The number of aryl methyl sites for hydroxylation is 2. The van der Waals surface area contributed by atoms with Gasteiger partial charge in [0, 0.05) is 17.2 Å². The smallest absolute Gasteiger partial charge is 0.422 e. The van der Waals surface area contributed by atoms with Crippen molar-refractivity contribution < 1.29 is 27.5 Å². The Balaban J connectivity index is 2.11. The molecule has 6 nitrogen and oxygen atoms in total. The maximum Gasteiger partial charge on any atom is 0.422 e. The number of nitrogens with zero attached hydrogens (tertiary/aromatic N) is 1. The first-order valence-corrected chi connectivity index (χ1v) is 9.76. The summed E-state index contributed by atoms with van der Waals surface area (Å²) in [6, 6.07) is 7.32. The van der Waals surface area contributed by atoms with Crippen LogP contribution in [0.15, 0.2) is 30.3 Å². The summed E-state index contributed by atoms with van der Waals surface area (Å²) in [7, 11) is 0. The summed E-state index contributed by atoms with van der Waals surface area (Å²) in [4.78, 5) is 28.9. The number of anilines is 1. The molecule has 0 aliphatic rings. The number of hydrogen-bond donors (Lipinski definition) is 2. The maximum absolute atomic E-state index is 12.6. The van der Waals surface area contributed by atoms with Crippen molar-refractivity contribution >= 4 is 17.6 Å². The molecule has 0 bridgehead atoms. The second-order valence-electron chi connectivity index (χ2n) is 7.65. The molecular formula is C22H26F3N3O3. The fraction of sp³-hybridized carbons (Fsp3) is 0.409. The van der Waals surface area contributed by atoms with Crippen molar-refractivity contribution in [3.8, 4) is 5.75 Å². The van der Waals surface area contributed by atoms with E-state index in [0.29, 0.717) is 22.6 Å². The molecule has 2 amide bonds. The van der Waals surface area contributed by atoms with Crippen molar-refractivity contribution in [1.29, 1.82) is 0 Å². The predicted octanol–water partition coefficient (Wildman–Crippen LogP) is 4.73. The standard InChI is InChI=1S/C22H26F3N3O3/c1-12(2)20(29)28-19-10-17(9-14(4)26-19)15(5)27-21(30)16-6-7-18(13(3)8-16)31-11-22(23,24)25/h6-10,12,15H,11H2,1-5H3,(H,27,30)(H,26,28,29).